The second-order valence-electron chi connectivity index (χ2n) is 6.56. The molecule has 0 N–H and O–H groups in total. The zero-order valence-electron chi connectivity index (χ0n) is 15.6. The maximum atomic E-state index is 12.8. The fraction of sp³-hybridized carbons (Fsp3) is 0.0952. The van der Waals surface area contributed by atoms with E-state index in [1.807, 2.05) is 0 Å². The zero-order valence-corrected chi connectivity index (χ0v) is 16.3. The van der Waals surface area contributed by atoms with Crippen LogP contribution in [0.4, 0.5) is 19.0 Å². The van der Waals surface area contributed by atoms with Gasteiger partial charge in [0.1, 0.15) is 0 Å². The first-order chi connectivity index (χ1) is 14.2. The molecular formula is C21H14ClF3N4O. The Kier molecular flexibility index (Phi) is 4.95. The number of amides is 1. The van der Waals surface area contributed by atoms with E-state index in [0.717, 1.165) is 12.1 Å². The molecule has 9 heteroatoms. The Bertz CT molecular complexity index is 1220. The Hall–Kier alpha value is -3.39. The highest BCUT2D eigenvalue weighted by atomic mass is 35.5. The smallest absolute Gasteiger partial charge is 0.295 e. The van der Waals surface area contributed by atoms with Gasteiger partial charge in [-0.15, -0.1) is 0 Å². The summed E-state index contributed by atoms with van der Waals surface area (Å²) in [6.45, 7) is 0. The summed E-state index contributed by atoms with van der Waals surface area (Å²) in [4.78, 5) is 22.6. The predicted octanol–water partition coefficient (Wildman–Crippen LogP) is 5.35. The number of carbonyl (C=O) groups is 1. The number of benzene rings is 2. The lowest BCUT2D eigenvalue weighted by molar-refractivity contribution is -0.137. The molecule has 30 heavy (non-hydrogen) atoms. The zero-order chi connectivity index (χ0) is 21.5. The average molecular weight is 431 g/mol. The molecule has 0 fully saturated rings. The van der Waals surface area contributed by atoms with Crippen molar-refractivity contribution in [3.63, 3.8) is 0 Å². The van der Waals surface area contributed by atoms with Crippen molar-refractivity contribution in [2.24, 2.45) is 0 Å². The van der Waals surface area contributed by atoms with Crippen LogP contribution >= 0.6 is 11.6 Å². The lowest BCUT2D eigenvalue weighted by Gasteiger charge is -2.17. The summed E-state index contributed by atoms with van der Waals surface area (Å²) >= 11 is 5.87. The van der Waals surface area contributed by atoms with Crippen molar-refractivity contribution >= 4 is 29.0 Å². The molecule has 152 valence electrons. The van der Waals surface area contributed by atoms with Crippen LogP contribution in [0.5, 0.6) is 0 Å². The van der Waals surface area contributed by atoms with Gasteiger partial charge in [0.15, 0.2) is 11.5 Å². The maximum Gasteiger partial charge on any atom is 0.416 e. The Morgan fingerprint density at radius 2 is 1.67 bits per heavy atom. The van der Waals surface area contributed by atoms with Gasteiger partial charge in [0.2, 0.25) is 0 Å². The van der Waals surface area contributed by atoms with Crippen LogP contribution in [0.3, 0.4) is 0 Å². The van der Waals surface area contributed by atoms with Crippen LogP contribution < -0.4 is 4.90 Å². The van der Waals surface area contributed by atoms with E-state index in [4.69, 9.17) is 11.6 Å². The van der Waals surface area contributed by atoms with Crippen LogP contribution in [0, 0.1) is 0 Å². The van der Waals surface area contributed by atoms with Gasteiger partial charge < -0.3 is 0 Å². The van der Waals surface area contributed by atoms with Crippen LogP contribution in [-0.4, -0.2) is 27.3 Å². The first-order valence-electron chi connectivity index (χ1n) is 8.78. The number of rotatable bonds is 3. The Labute approximate surface area is 174 Å². The van der Waals surface area contributed by atoms with Crippen LogP contribution in [0.25, 0.3) is 16.9 Å². The van der Waals surface area contributed by atoms with Crippen LogP contribution in [0.15, 0.2) is 67.1 Å². The molecule has 4 aromatic rings. The minimum Gasteiger partial charge on any atom is -0.295 e. The summed E-state index contributed by atoms with van der Waals surface area (Å²) in [6, 6.07) is 11.3. The van der Waals surface area contributed by atoms with Crippen molar-refractivity contribution in [1.82, 2.24) is 14.4 Å². The van der Waals surface area contributed by atoms with Crippen molar-refractivity contribution < 1.29 is 18.0 Å². The number of hydrogen-bond acceptors (Lipinski definition) is 3. The summed E-state index contributed by atoms with van der Waals surface area (Å²) in [5.74, 6) is 0.0725. The monoisotopic (exact) mass is 430 g/mol. The Morgan fingerprint density at radius 1 is 1.00 bits per heavy atom. The third-order valence-corrected chi connectivity index (χ3v) is 4.88. The van der Waals surface area contributed by atoms with E-state index in [1.165, 1.54) is 23.2 Å². The molecule has 1 amide bonds. The van der Waals surface area contributed by atoms with Gasteiger partial charge in [0.05, 0.1) is 29.8 Å². The number of anilines is 1. The van der Waals surface area contributed by atoms with Gasteiger partial charge >= 0.3 is 6.18 Å². The standard InChI is InChI=1S/C21H14ClF3N4O/c1-28(20(30)14-4-8-16(22)9-5-14)19-12-29-17(10-26-18(29)11-27-19)13-2-6-15(7-3-13)21(23,24)25/h2-12H,1H3. The number of halogens is 4. The SMILES string of the molecule is CN(C(=O)c1ccc(Cl)cc1)c1cn2c(-c3ccc(C(F)(F)F)cc3)cnc2cn1. The van der Waals surface area contributed by atoms with Crippen molar-refractivity contribution in [3.8, 4) is 11.3 Å². The molecule has 0 aliphatic rings. The van der Waals surface area contributed by atoms with E-state index in [9.17, 15) is 18.0 Å². The number of aromatic nitrogens is 3. The molecular weight excluding hydrogens is 417 g/mol. The summed E-state index contributed by atoms with van der Waals surface area (Å²) in [5.41, 5.74) is 1.35. The highest BCUT2D eigenvalue weighted by Crippen LogP contribution is 2.31. The molecule has 5 nitrogen and oxygen atoms in total. The first-order valence-corrected chi connectivity index (χ1v) is 9.16. The van der Waals surface area contributed by atoms with E-state index in [0.29, 0.717) is 33.3 Å². The van der Waals surface area contributed by atoms with Crippen LogP contribution in [0.1, 0.15) is 15.9 Å². The highest BCUT2D eigenvalue weighted by Gasteiger charge is 2.30. The number of carbonyl (C=O) groups excluding carboxylic acids is 1. The minimum atomic E-state index is -4.40. The van der Waals surface area contributed by atoms with Gasteiger partial charge in [-0.3, -0.25) is 14.1 Å². The molecule has 4 rings (SSSR count). The highest BCUT2D eigenvalue weighted by molar-refractivity contribution is 6.30. The molecule has 0 bridgehead atoms. The van der Waals surface area contributed by atoms with E-state index in [1.54, 1.807) is 48.1 Å². The van der Waals surface area contributed by atoms with Crippen molar-refractivity contribution in [3.05, 3.63) is 83.3 Å². The fourth-order valence-electron chi connectivity index (χ4n) is 2.99. The molecule has 0 aliphatic carbocycles. The quantitative estimate of drug-likeness (QED) is 0.440. The topological polar surface area (TPSA) is 50.5 Å². The summed E-state index contributed by atoms with van der Waals surface area (Å²) in [7, 11) is 1.58. The number of hydrogen-bond donors (Lipinski definition) is 0. The van der Waals surface area contributed by atoms with E-state index < -0.39 is 11.7 Å². The molecule has 2 heterocycles. The second kappa shape index (κ2) is 7.46. The maximum absolute atomic E-state index is 12.8. The number of imidazole rings is 1. The van der Waals surface area contributed by atoms with Gasteiger partial charge in [0, 0.05) is 23.2 Å². The first kappa shape index (κ1) is 19.9. The fourth-order valence-corrected chi connectivity index (χ4v) is 3.11. The summed E-state index contributed by atoms with van der Waals surface area (Å²) < 4.78 is 40.1. The summed E-state index contributed by atoms with van der Waals surface area (Å²) in [5, 5.41) is 0.522. The number of alkyl halides is 3. The predicted molar refractivity (Wildman–Crippen MR) is 108 cm³/mol. The lowest BCUT2D eigenvalue weighted by Crippen LogP contribution is -2.27. The van der Waals surface area contributed by atoms with E-state index >= 15 is 0 Å². The van der Waals surface area contributed by atoms with E-state index in [2.05, 4.69) is 9.97 Å². The van der Waals surface area contributed by atoms with Gasteiger partial charge in [-0.2, -0.15) is 13.2 Å². The molecule has 0 radical (unpaired) electrons. The Balaban J connectivity index is 1.69. The molecule has 0 spiro atoms. The van der Waals surface area contributed by atoms with Gasteiger partial charge in [0.25, 0.3) is 5.91 Å². The molecule has 0 aliphatic heterocycles. The lowest BCUT2D eigenvalue weighted by atomic mass is 10.1. The van der Waals surface area contributed by atoms with Gasteiger partial charge in [-0.1, -0.05) is 23.7 Å². The molecule has 2 aromatic heterocycles. The second-order valence-corrected chi connectivity index (χ2v) is 7.00. The largest absolute Gasteiger partial charge is 0.416 e. The van der Waals surface area contributed by atoms with Crippen LogP contribution in [-0.2, 0) is 6.18 Å². The van der Waals surface area contributed by atoms with Gasteiger partial charge in [-0.25, -0.2) is 9.97 Å². The average Bonchev–Trinajstić information content (AvgIpc) is 3.16. The van der Waals surface area contributed by atoms with Gasteiger partial charge in [-0.05, 0) is 36.4 Å². The minimum absolute atomic E-state index is 0.283. The van der Waals surface area contributed by atoms with Crippen molar-refractivity contribution in [1.29, 1.82) is 0 Å². The number of nitrogens with zero attached hydrogens (tertiary/aromatic N) is 4. The molecule has 2 aromatic carbocycles. The summed E-state index contributed by atoms with van der Waals surface area (Å²) in [6.07, 6.45) is 0.252. The van der Waals surface area contributed by atoms with Crippen molar-refractivity contribution in [2.45, 2.75) is 6.18 Å². The third-order valence-electron chi connectivity index (χ3n) is 4.63. The van der Waals surface area contributed by atoms with Crippen LogP contribution in [0.2, 0.25) is 5.02 Å². The van der Waals surface area contributed by atoms with E-state index in [-0.39, 0.29) is 5.91 Å². The molecule has 0 saturated heterocycles. The Morgan fingerprint density at radius 3 is 2.30 bits per heavy atom. The third kappa shape index (κ3) is 3.73. The number of fused-ring (bicyclic) bond motifs is 1. The molecule has 0 atom stereocenters. The molecule has 0 saturated carbocycles. The van der Waals surface area contributed by atoms with Crippen molar-refractivity contribution in [2.75, 3.05) is 11.9 Å². The molecule has 0 unspecified atom stereocenters. The normalized spacial score (nSPS) is 11.6.